The van der Waals surface area contributed by atoms with Crippen LogP contribution in [0.15, 0.2) is 24.3 Å². The largest absolute Gasteiger partial charge is 0.482 e. The summed E-state index contributed by atoms with van der Waals surface area (Å²) >= 11 is 6.49. The number of rotatable bonds is 11. The first-order chi connectivity index (χ1) is 31.7. The molecule has 0 spiro atoms. The van der Waals surface area contributed by atoms with Crippen LogP contribution in [0.4, 0.5) is 0 Å². The molecule has 13 aliphatic rings. The molecule has 14 rings (SSSR count). The van der Waals surface area contributed by atoms with Gasteiger partial charge in [-0.25, -0.2) is 0 Å². The number of aryl methyl sites for hydroxylation is 1. The van der Waals surface area contributed by atoms with Crippen molar-refractivity contribution in [3.8, 4) is 0 Å². The summed E-state index contributed by atoms with van der Waals surface area (Å²) in [6.07, 6.45) is 29.8. The lowest BCUT2D eigenvalue weighted by Gasteiger charge is -2.66. The zero-order valence-electron chi connectivity index (χ0n) is 38.5. The molecule has 0 aromatic heterocycles. The Morgan fingerprint density at radius 3 is 0.815 bits per heavy atom. The van der Waals surface area contributed by atoms with Crippen molar-refractivity contribution in [2.45, 2.75) is 237 Å². The van der Waals surface area contributed by atoms with Crippen LogP contribution in [0.25, 0.3) is 0 Å². The third kappa shape index (κ3) is 7.72. The van der Waals surface area contributed by atoms with E-state index in [1.54, 1.807) is 0 Å². The highest BCUT2D eigenvalue weighted by atomic mass is 35.5. The molecule has 6 aliphatic heterocycles. The molecule has 8 bridgehead atoms. The van der Waals surface area contributed by atoms with Crippen molar-refractivity contribution in [2.75, 3.05) is 0 Å². The van der Waals surface area contributed by atoms with Gasteiger partial charge in [0.25, 0.3) is 0 Å². The maximum absolute atomic E-state index is 8.51. The van der Waals surface area contributed by atoms with Crippen molar-refractivity contribution in [1.82, 2.24) is 0 Å². The first kappa shape index (κ1) is 45.6. The summed E-state index contributed by atoms with van der Waals surface area (Å²) in [4.78, 5) is 0. The average molecular weight is 1050 g/mol. The monoisotopic (exact) mass is 1050 g/mol. The number of alkyl halides is 1. The van der Waals surface area contributed by atoms with E-state index in [0.29, 0.717) is 18.3 Å². The second-order valence-corrected chi connectivity index (χ2v) is 48.6. The van der Waals surface area contributed by atoms with Crippen molar-refractivity contribution < 1.29 is 49.4 Å². The van der Waals surface area contributed by atoms with Crippen LogP contribution < -0.4 is 0 Å². The van der Waals surface area contributed by atoms with E-state index in [9.17, 15) is 0 Å². The Labute approximate surface area is 401 Å². The minimum atomic E-state index is -4.03. The lowest BCUT2D eigenvalue weighted by molar-refractivity contribution is -0.0457. The molecule has 6 saturated heterocycles. The fraction of sp³-hybridized carbons (Fsp3) is 0.864. The third-order valence-electron chi connectivity index (χ3n) is 18.3. The Balaban J connectivity index is 1.11. The highest BCUT2D eigenvalue weighted by Crippen LogP contribution is 2.66. The predicted octanol–water partition coefficient (Wildman–Crippen LogP) is 12.4. The van der Waals surface area contributed by atoms with Gasteiger partial charge in [0.15, 0.2) is 0 Å². The van der Waals surface area contributed by atoms with Crippen LogP contribution in [0.2, 0.25) is 44.8 Å². The second-order valence-electron chi connectivity index (χ2n) is 22.5. The number of hydrogen-bond donors (Lipinski definition) is 0. The van der Waals surface area contributed by atoms with Crippen LogP contribution in [0.1, 0.15) is 191 Å². The standard InChI is InChI=1S/C44H73ClO12Si8/c45-35-37-17-15-16-36(34-37)32-33-58-46-59(38-18-1-2-19-38)49-62(41-24-7-8-25-41)51-60(47-58,39-20-3-4-21-39)53-64(43-28-11-12-29-43)54-61(48-58,40-22-5-6-23-40)52-63(50-59,42-26-9-10-27-42)56-65(55-62,57-64)44-30-13-14-31-44/h15-17,34,38-44H,1-14,18-33,35H2. The Morgan fingerprint density at radius 2 is 0.569 bits per heavy atom. The summed E-state index contributed by atoms with van der Waals surface area (Å²) in [5.74, 6) is 0.458. The zero-order valence-corrected chi connectivity index (χ0v) is 47.3. The van der Waals surface area contributed by atoms with E-state index < -0.39 is 70.4 Å². The van der Waals surface area contributed by atoms with Gasteiger partial charge in [-0.15, -0.1) is 11.6 Å². The minimum Gasteiger partial charge on any atom is -0.373 e. The smallest absolute Gasteiger partial charge is 0.373 e. The molecule has 12 nitrogen and oxygen atoms in total. The number of benzene rings is 1. The first-order valence-corrected chi connectivity index (χ1v) is 41.9. The van der Waals surface area contributed by atoms with Gasteiger partial charge < -0.3 is 49.4 Å². The molecule has 0 unspecified atom stereocenters. The van der Waals surface area contributed by atoms with Gasteiger partial charge in [0.2, 0.25) is 0 Å². The van der Waals surface area contributed by atoms with Gasteiger partial charge in [-0.05, 0) is 107 Å². The maximum atomic E-state index is 8.51. The summed E-state index contributed by atoms with van der Waals surface area (Å²) in [6, 6.07) is 9.21. The molecule has 1 aromatic carbocycles. The molecule has 1 aromatic rings. The van der Waals surface area contributed by atoms with Crippen molar-refractivity contribution in [3.63, 3.8) is 0 Å². The predicted molar refractivity (Wildman–Crippen MR) is 259 cm³/mol. The van der Waals surface area contributed by atoms with E-state index in [1.807, 2.05) is 0 Å². The Kier molecular flexibility index (Phi) is 12.3. The molecule has 7 aliphatic carbocycles. The maximum Gasteiger partial charge on any atom is 0.482 e. The van der Waals surface area contributed by atoms with Gasteiger partial charge in [-0.1, -0.05) is 114 Å². The van der Waals surface area contributed by atoms with Crippen molar-refractivity contribution >= 4 is 82.0 Å². The Hall–Kier alpha value is 0.765. The third-order valence-corrected chi connectivity index (χ3v) is 58.1. The quantitative estimate of drug-likeness (QED) is 0.155. The van der Waals surface area contributed by atoms with Crippen LogP contribution in [0.3, 0.4) is 0 Å². The van der Waals surface area contributed by atoms with Crippen LogP contribution >= 0.6 is 11.6 Å². The highest BCUT2D eigenvalue weighted by molar-refractivity contribution is 7.04. The second kappa shape index (κ2) is 17.5. The SMILES string of the molecule is ClCc1cccc(CC[Si]23O[Si]4(C5CCCC5)O[Si]5(C6CCCC6)O[Si](C6CCCC6)(O2)O[Si]2(C6CCCC6)O[Si](C6CCCC6)(O3)O[Si](C3CCCC3)(O4)O[Si](C3CCCC3)(O5)O2)c1. The van der Waals surface area contributed by atoms with Gasteiger partial charge in [0.1, 0.15) is 0 Å². The van der Waals surface area contributed by atoms with E-state index >= 15 is 0 Å². The summed E-state index contributed by atoms with van der Waals surface area (Å²) in [5, 5.41) is 0. The van der Waals surface area contributed by atoms with Crippen LogP contribution in [0, 0.1) is 0 Å². The molecule has 6 heterocycles. The molecule has 7 saturated carbocycles. The summed E-state index contributed by atoms with van der Waals surface area (Å²) in [7, 11) is -31.6. The minimum absolute atomic E-state index is 0.0321. The van der Waals surface area contributed by atoms with Crippen molar-refractivity contribution in [3.05, 3.63) is 35.4 Å². The molecule has 0 radical (unpaired) electrons. The average Bonchev–Trinajstić information content (AvgIpc) is 4.14. The normalized spacial score (nSPS) is 45.9. The molecule has 0 N–H and O–H groups in total. The van der Waals surface area contributed by atoms with Gasteiger partial charge in [0.05, 0.1) is 0 Å². The van der Waals surface area contributed by atoms with Crippen molar-refractivity contribution in [2.24, 2.45) is 0 Å². The highest BCUT2D eigenvalue weighted by Gasteiger charge is 2.88. The number of halogens is 1. The zero-order chi connectivity index (χ0) is 43.4. The fourth-order valence-electron chi connectivity index (χ4n) is 15.0. The molecule has 21 heteroatoms. The molecule has 13 fully saturated rings. The summed E-state index contributed by atoms with van der Waals surface area (Å²) < 4.78 is 102. The summed E-state index contributed by atoms with van der Waals surface area (Å²) in [5.41, 5.74) is 2.61. The van der Waals surface area contributed by atoms with Crippen LogP contribution in [0.5, 0.6) is 0 Å². The topological polar surface area (TPSA) is 111 Å². The van der Waals surface area contributed by atoms with E-state index in [2.05, 4.69) is 24.3 Å². The summed E-state index contributed by atoms with van der Waals surface area (Å²) in [6.45, 7) is 0. The van der Waals surface area contributed by atoms with E-state index in [1.165, 1.54) is 5.56 Å². The number of hydrogen-bond acceptors (Lipinski definition) is 12. The molecular formula is C44H73ClO12Si8. The van der Waals surface area contributed by atoms with E-state index in [4.69, 9.17) is 61.0 Å². The van der Waals surface area contributed by atoms with E-state index in [-0.39, 0.29) is 38.8 Å². The fourth-order valence-corrected chi connectivity index (χ4v) is 71.2. The molecule has 65 heavy (non-hydrogen) atoms. The molecule has 360 valence electrons. The van der Waals surface area contributed by atoms with Crippen molar-refractivity contribution in [1.29, 1.82) is 0 Å². The Bertz CT molecular complexity index is 1720. The Morgan fingerprint density at radius 1 is 0.338 bits per heavy atom. The van der Waals surface area contributed by atoms with Gasteiger partial charge in [0, 0.05) is 50.7 Å². The van der Waals surface area contributed by atoms with Crippen LogP contribution in [-0.2, 0) is 61.7 Å². The van der Waals surface area contributed by atoms with Crippen LogP contribution in [-0.4, -0.2) is 70.4 Å². The first-order valence-electron chi connectivity index (χ1n) is 26.8. The lowest BCUT2D eigenvalue weighted by atomic mass is 10.1. The van der Waals surface area contributed by atoms with Gasteiger partial charge in [-0.3, -0.25) is 0 Å². The lowest BCUT2D eigenvalue weighted by Crippen LogP contribution is -2.90. The van der Waals surface area contributed by atoms with Gasteiger partial charge >= 0.3 is 70.4 Å². The molecular weight excluding hydrogens is 981 g/mol. The van der Waals surface area contributed by atoms with E-state index in [0.717, 1.165) is 185 Å². The van der Waals surface area contributed by atoms with Gasteiger partial charge in [-0.2, -0.15) is 0 Å². The molecule has 0 atom stereocenters. The molecule has 0 amide bonds.